The van der Waals surface area contributed by atoms with Crippen molar-refractivity contribution in [2.75, 3.05) is 6.54 Å². The van der Waals surface area contributed by atoms with Crippen molar-refractivity contribution in [1.82, 2.24) is 0 Å². The monoisotopic (exact) mass is 217 g/mol. The van der Waals surface area contributed by atoms with Gasteiger partial charge in [0.1, 0.15) is 5.75 Å². The van der Waals surface area contributed by atoms with Crippen LogP contribution in [0.25, 0.3) is 0 Å². The van der Waals surface area contributed by atoms with Crippen molar-refractivity contribution >= 4 is 0 Å². The molecule has 1 rings (SSSR count). The second-order valence-electron chi connectivity index (χ2n) is 3.56. The summed E-state index contributed by atoms with van der Waals surface area (Å²) in [5, 5.41) is 0. The fourth-order valence-corrected chi connectivity index (χ4v) is 1.45. The molecule has 1 aromatic rings. The molecule has 0 saturated carbocycles. The van der Waals surface area contributed by atoms with Crippen LogP contribution >= 0.6 is 0 Å². The minimum Gasteiger partial charge on any atom is -0.489 e. The third-order valence-electron chi connectivity index (χ3n) is 2.42. The lowest BCUT2D eigenvalue weighted by Crippen LogP contribution is -2.14. The van der Waals surface area contributed by atoms with Crippen molar-refractivity contribution in [2.24, 2.45) is 5.73 Å². The van der Waals surface area contributed by atoms with E-state index >= 15 is 0 Å². The molecule has 0 saturated heterocycles. The van der Waals surface area contributed by atoms with Crippen LogP contribution in [0.5, 0.6) is 5.75 Å². The molecule has 2 nitrogen and oxygen atoms in total. The molecule has 0 aliphatic rings. The average molecular weight is 217 g/mol. The zero-order chi connectivity index (χ0) is 11.8. The molecule has 0 radical (unpaired) electrons. The zero-order valence-electron chi connectivity index (χ0n) is 9.99. The van der Waals surface area contributed by atoms with Crippen LogP contribution in [0.3, 0.4) is 0 Å². The van der Waals surface area contributed by atoms with Gasteiger partial charge in [-0.3, -0.25) is 0 Å². The van der Waals surface area contributed by atoms with E-state index in [2.05, 4.69) is 25.7 Å². The first-order valence-corrected chi connectivity index (χ1v) is 5.76. The summed E-state index contributed by atoms with van der Waals surface area (Å²) >= 11 is 0. The third-order valence-corrected chi connectivity index (χ3v) is 2.42. The van der Waals surface area contributed by atoms with Gasteiger partial charge in [0.05, 0.1) is 18.2 Å². The van der Waals surface area contributed by atoms with Crippen molar-refractivity contribution in [3.8, 4) is 17.6 Å². The summed E-state index contributed by atoms with van der Waals surface area (Å²) in [6, 6.07) is 7.84. The smallest absolute Gasteiger partial charge is 0.135 e. The van der Waals surface area contributed by atoms with E-state index < -0.39 is 0 Å². The molecule has 0 bridgehead atoms. The van der Waals surface area contributed by atoms with Crippen LogP contribution < -0.4 is 10.5 Å². The van der Waals surface area contributed by atoms with Crippen molar-refractivity contribution < 1.29 is 4.74 Å². The van der Waals surface area contributed by atoms with Gasteiger partial charge in [0.25, 0.3) is 0 Å². The molecule has 0 unspecified atom stereocenters. The highest BCUT2D eigenvalue weighted by Gasteiger charge is 2.07. The zero-order valence-corrected chi connectivity index (χ0v) is 9.99. The van der Waals surface area contributed by atoms with E-state index in [1.807, 2.05) is 24.3 Å². The van der Waals surface area contributed by atoms with Crippen LogP contribution in [0.1, 0.15) is 32.3 Å². The van der Waals surface area contributed by atoms with Crippen LogP contribution in [-0.4, -0.2) is 12.6 Å². The van der Waals surface area contributed by atoms with Gasteiger partial charge in [-0.1, -0.05) is 37.8 Å². The normalized spacial score (nSPS) is 9.75. The van der Waals surface area contributed by atoms with E-state index in [9.17, 15) is 0 Å². The number of benzene rings is 1. The van der Waals surface area contributed by atoms with Crippen LogP contribution in [0.15, 0.2) is 24.3 Å². The first kappa shape index (κ1) is 12.6. The number of hydrogen-bond donors (Lipinski definition) is 1. The summed E-state index contributed by atoms with van der Waals surface area (Å²) in [6.07, 6.45) is 2.28. The van der Waals surface area contributed by atoms with Crippen LogP contribution in [-0.2, 0) is 0 Å². The SMILES string of the molecule is CCC(CC)Oc1ccccc1C#CCN. The van der Waals surface area contributed by atoms with Crippen molar-refractivity contribution in [1.29, 1.82) is 0 Å². The molecule has 0 fully saturated rings. The van der Waals surface area contributed by atoms with Gasteiger partial charge in [0.15, 0.2) is 0 Å². The van der Waals surface area contributed by atoms with E-state index in [1.165, 1.54) is 0 Å². The van der Waals surface area contributed by atoms with E-state index in [4.69, 9.17) is 10.5 Å². The Morgan fingerprint density at radius 1 is 1.25 bits per heavy atom. The molecule has 0 atom stereocenters. The lowest BCUT2D eigenvalue weighted by atomic mass is 10.2. The summed E-state index contributed by atoms with van der Waals surface area (Å²) < 4.78 is 5.90. The fourth-order valence-electron chi connectivity index (χ4n) is 1.45. The average Bonchev–Trinajstić information content (AvgIpc) is 2.34. The Kier molecular flexibility index (Phi) is 5.45. The standard InChI is InChI=1S/C14H19NO/c1-3-13(4-2)16-14-10-6-5-8-12(14)9-7-11-15/h5-6,8,10,13H,3-4,11,15H2,1-2H3. The molecule has 1 aromatic carbocycles. The predicted molar refractivity (Wildman–Crippen MR) is 67.4 cm³/mol. The van der Waals surface area contributed by atoms with E-state index in [0.717, 1.165) is 24.2 Å². The van der Waals surface area contributed by atoms with Crippen molar-refractivity contribution in [3.05, 3.63) is 29.8 Å². The number of hydrogen-bond acceptors (Lipinski definition) is 2. The van der Waals surface area contributed by atoms with Gasteiger partial charge in [-0.05, 0) is 25.0 Å². The highest BCUT2D eigenvalue weighted by Crippen LogP contribution is 2.19. The van der Waals surface area contributed by atoms with E-state index in [1.54, 1.807) is 0 Å². The first-order valence-electron chi connectivity index (χ1n) is 5.76. The second kappa shape index (κ2) is 6.92. The minimum atomic E-state index is 0.265. The summed E-state index contributed by atoms with van der Waals surface area (Å²) in [5.74, 6) is 6.74. The van der Waals surface area contributed by atoms with Gasteiger partial charge in [-0.15, -0.1) is 0 Å². The van der Waals surface area contributed by atoms with Gasteiger partial charge in [0, 0.05) is 0 Å². The molecule has 0 aliphatic heterocycles. The third kappa shape index (κ3) is 3.60. The fraction of sp³-hybridized carbons (Fsp3) is 0.429. The van der Waals surface area contributed by atoms with Crippen LogP contribution in [0, 0.1) is 11.8 Å². The maximum absolute atomic E-state index is 5.90. The number of rotatable bonds is 4. The molecule has 0 heterocycles. The number of ether oxygens (including phenoxy) is 1. The lowest BCUT2D eigenvalue weighted by molar-refractivity contribution is 0.192. The molecule has 0 aliphatic carbocycles. The Bertz CT molecular complexity index is 372. The first-order chi connectivity index (χ1) is 7.81. The topological polar surface area (TPSA) is 35.2 Å². The van der Waals surface area contributed by atoms with E-state index in [-0.39, 0.29) is 6.10 Å². The lowest BCUT2D eigenvalue weighted by Gasteiger charge is -2.16. The second-order valence-corrected chi connectivity index (χ2v) is 3.56. The minimum absolute atomic E-state index is 0.265. The van der Waals surface area contributed by atoms with Crippen molar-refractivity contribution in [2.45, 2.75) is 32.8 Å². The van der Waals surface area contributed by atoms with Gasteiger partial charge in [-0.2, -0.15) is 0 Å². The summed E-state index contributed by atoms with van der Waals surface area (Å²) in [5.41, 5.74) is 6.28. The summed E-state index contributed by atoms with van der Waals surface area (Å²) in [6.45, 7) is 4.63. The molecule has 86 valence electrons. The Hall–Kier alpha value is -1.46. The molecular weight excluding hydrogens is 198 g/mol. The highest BCUT2D eigenvalue weighted by atomic mass is 16.5. The Labute approximate surface area is 97.8 Å². The summed E-state index contributed by atoms with van der Waals surface area (Å²) in [4.78, 5) is 0. The highest BCUT2D eigenvalue weighted by molar-refractivity contribution is 5.46. The molecule has 16 heavy (non-hydrogen) atoms. The number of nitrogens with two attached hydrogens (primary N) is 1. The van der Waals surface area contributed by atoms with Gasteiger partial charge < -0.3 is 10.5 Å². The van der Waals surface area contributed by atoms with Gasteiger partial charge >= 0.3 is 0 Å². The molecule has 0 spiro atoms. The summed E-state index contributed by atoms with van der Waals surface area (Å²) in [7, 11) is 0. The molecule has 0 amide bonds. The number of para-hydroxylation sites is 1. The Morgan fingerprint density at radius 2 is 1.94 bits per heavy atom. The van der Waals surface area contributed by atoms with Gasteiger partial charge in [0.2, 0.25) is 0 Å². The largest absolute Gasteiger partial charge is 0.489 e. The molecule has 0 aromatic heterocycles. The quantitative estimate of drug-likeness (QED) is 0.787. The van der Waals surface area contributed by atoms with E-state index in [0.29, 0.717) is 6.54 Å². The molecular formula is C14H19NO. The van der Waals surface area contributed by atoms with Crippen molar-refractivity contribution in [3.63, 3.8) is 0 Å². The maximum atomic E-state index is 5.90. The Balaban J connectivity index is 2.86. The maximum Gasteiger partial charge on any atom is 0.135 e. The molecule has 2 N–H and O–H groups in total. The van der Waals surface area contributed by atoms with Crippen LogP contribution in [0.4, 0.5) is 0 Å². The predicted octanol–water partition coefficient (Wildman–Crippen LogP) is 2.56. The Morgan fingerprint density at radius 3 is 2.56 bits per heavy atom. The molecule has 2 heteroatoms. The van der Waals surface area contributed by atoms with Crippen LogP contribution in [0.2, 0.25) is 0 Å². The van der Waals surface area contributed by atoms with Gasteiger partial charge in [-0.25, -0.2) is 0 Å².